The molecule has 0 unspecified atom stereocenters. The molecule has 2 atom stereocenters. The Morgan fingerprint density at radius 2 is 1.74 bits per heavy atom. The number of anilines is 1. The molecule has 2 aliphatic rings. The van der Waals surface area contributed by atoms with E-state index in [1.54, 1.807) is 0 Å². The molecule has 23 heavy (non-hydrogen) atoms. The summed E-state index contributed by atoms with van der Waals surface area (Å²) in [6, 6.07) is 9.76. The van der Waals surface area contributed by atoms with E-state index in [4.69, 9.17) is 0 Å². The lowest BCUT2D eigenvalue weighted by molar-refractivity contribution is -0.130. The molecule has 0 spiro atoms. The van der Waals surface area contributed by atoms with Gasteiger partial charge in [0.25, 0.3) is 5.91 Å². The van der Waals surface area contributed by atoms with Crippen LogP contribution in [-0.4, -0.2) is 34.5 Å². The third-order valence-electron chi connectivity index (χ3n) is 4.71. The normalized spacial score (nSPS) is 25.3. The van der Waals surface area contributed by atoms with E-state index in [1.165, 1.54) is 5.01 Å². The summed E-state index contributed by atoms with van der Waals surface area (Å²) in [5.41, 5.74) is 1.20. The molecule has 3 rings (SSSR count). The quantitative estimate of drug-likeness (QED) is 0.843. The molecular weight excluding hydrogens is 290 g/mol. The zero-order valence-corrected chi connectivity index (χ0v) is 13.7. The highest BCUT2D eigenvalue weighted by Crippen LogP contribution is 2.25. The largest absolute Gasteiger partial charge is 0.332 e. The standard InChI is InChI=1S/C18H23N3O2/c1-13-7-6-8-14(2)20(13)18(23)16-11-12-17(22)21(19-16)15-9-4-3-5-10-15/h3-5,9-10,13-14H,6-8,11-12H2,1-2H3/t13-,14-/m0/s1. The fraction of sp³-hybridized carbons (Fsp3) is 0.500. The van der Waals surface area contributed by atoms with Crippen molar-refractivity contribution < 1.29 is 9.59 Å². The zero-order valence-electron chi connectivity index (χ0n) is 13.7. The van der Waals surface area contributed by atoms with Crippen LogP contribution in [0.15, 0.2) is 35.4 Å². The monoisotopic (exact) mass is 313 g/mol. The first kappa shape index (κ1) is 15.7. The first-order chi connectivity index (χ1) is 11.1. The first-order valence-corrected chi connectivity index (χ1v) is 8.36. The Labute approximate surface area is 137 Å². The van der Waals surface area contributed by atoms with E-state index >= 15 is 0 Å². The third kappa shape index (κ3) is 3.14. The minimum Gasteiger partial charge on any atom is -0.332 e. The predicted molar refractivity (Wildman–Crippen MR) is 90.2 cm³/mol. The molecule has 0 N–H and O–H groups in total. The maximum atomic E-state index is 12.9. The van der Waals surface area contributed by atoms with E-state index in [-0.39, 0.29) is 23.9 Å². The summed E-state index contributed by atoms with van der Waals surface area (Å²) in [6.45, 7) is 4.19. The summed E-state index contributed by atoms with van der Waals surface area (Å²) >= 11 is 0. The minimum absolute atomic E-state index is 0.0156. The van der Waals surface area contributed by atoms with Gasteiger partial charge in [0.1, 0.15) is 5.71 Å². The number of hydrazone groups is 1. The van der Waals surface area contributed by atoms with Gasteiger partial charge in [-0.1, -0.05) is 18.2 Å². The molecule has 0 bridgehead atoms. The van der Waals surface area contributed by atoms with E-state index in [0.717, 1.165) is 19.3 Å². The zero-order chi connectivity index (χ0) is 16.4. The van der Waals surface area contributed by atoms with Crippen molar-refractivity contribution in [2.24, 2.45) is 5.10 Å². The predicted octanol–water partition coefficient (Wildman–Crippen LogP) is 2.96. The van der Waals surface area contributed by atoms with Gasteiger partial charge in [-0.3, -0.25) is 9.59 Å². The molecule has 122 valence electrons. The van der Waals surface area contributed by atoms with Crippen LogP contribution >= 0.6 is 0 Å². The smallest absolute Gasteiger partial charge is 0.270 e. The number of carbonyl (C=O) groups excluding carboxylic acids is 2. The molecule has 2 aliphatic heterocycles. The summed E-state index contributed by atoms with van der Waals surface area (Å²) in [5.74, 6) is -0.0781. The van der Waals surface area contributed by atoms with Crippen LogP contribution in [0.25, 0.3) is 0 Å². The Kier molecular flexibility index (Phi) is 4.46. The molecule has 0 radical (unpaired) electrons. The van der Waals surface area contributed by atoms with E-state index in [9.17, 15) is 9.59 Å². The maximum Gasteiger partial charge on any atom is 0.270 e. The van der Waals surface area contributed by atoms with E-state index in [1.807, 2.05) is 35.2 Å². The number of rotatable bonds is 2. The van der Waals surface area contributed by atoms with E-state index < -0.39 is 0 Å². The lowest BCUT2D eigenvalue weighted by atomic mass is 9.96. The summed E-state index contributed by atoms with van der Waals surface area (Å²) in [5, 5.41) is 5.76. The maximum absolute atomic E-state index is 12.9. The van der Waals surface area contributed by atoms with Crippen molar-refractivity contribution in [2.75, 3.05) is 5.01 Å². The fourth-order valence-corrected chi connectivity index (χ4v) is 3.45. The van der Waals surface area contributed by atoms with Crippen LogP contribution in [0.2, 0.25) is 0 Å². The Morgan fingerprint density at radius 3 is 2.39 bits per heavy atom. The number of hydrogen-bond donors (Lipinski definition) is 0. The average molecular weight is 313 g/mol. The fourth-order valence-electron chi connectivity index (χ4n) is 3.45. The van der Waals surface area contributed by atoms with Crippen LogP contribution in [0.4, 0.5) is 5.69 Å². The van der Waals surface area contributed by atoms with Gasteiger partial charge in [0.15, 0.2) is 0 Å². The van der Waals surface area contributed by atoms with Gasteiger partial charge in [-0.25, -0.2) is 5.01 Å². The second kappa shape index (κ2) is 6.52. The number of para-hydroxylation sites is 1. The molecule has 0 saturated carbocycles. The van der Waals surface area contributed by atoms with Gasteiger partial charge in [-0.05, 0) is 45.2 Å². The first-order valence-electron chi connectivity index (χ1n) is 8.36. The van der Waals surface area contributed by atoms with Gasteiger partial charge >= 0.3 is 0 Å². The van der Waals surface area contributed by atoms with Crippen LogP contribution < -0.4 is 5.01 Å². The Morgan fingerprint density at radius 1 is 1.09 bits per heavy atom. The summed E-state index contributed by atoms with van der Waals surface area (Å²) in [6.07, 6.45) is 3.98. The second-order valence-corrected chi connectivity index (χ2v) is 6.43. The van der Waals surface area contributed by atoms with Gasteiger partial charge in [0, 0.05) is 24.9 Å². The SMILES string of the molecule is C[C@H]1CCC[C@H](C)N1C(=O)C1=NN(c2ccccc2)C(=O)CC1. The van der Waals surface area contributed by atoms with Crippen LogP contribution in [0, 0.1) is 0 Å². The topological polar surface area (TPSA) is 53.0 Å². The van der Waals surface area contributed by atoms with Gasteiger partial charge < -0.3 is 4.90 Å². The number of hydrogen-bond acceptors (Lipinski definition) is 3. The molecule has 1 aromatic carbocycles. The number of piperidine rings is 1. The van der Waals surface area contributed by atoms with Crippen LogP contribution in [-0.2, 0) is 9.59 Å². The lowest BCUT2D eigenvalue weighted by Gasteiger charge is -2.39. The van der Waals surface area contributed by atoms with Crippen molar-refractivity contribution in [2.45, 2.75) is 58.0 Å². The highest BCUT2D eigenvalue weighted by Gasteiger charge is 2.34. The van der Waals surface area contributed by atoms with Crippen molar-refractivity contribution in [3.63, 3.8) is 0 Å². The van der Waals surface area contributed by atoms with Crippen molar-refractivity contribution in [1.29, 1.82) is 0 Å². The number of likely N-dealkylation sites (tertiary alicyclic amines) is 1. The number of nitrogens with zero attached hydrogens (tertiary/aromatic N) is 3. The summed E-state index contributed by atoms with van der Waals surface area (Å²) < 4.78 is 0. The number of amides is 2. The molecule has 1 saturated heterocycles. The molecule has 5 nitrogen and oxygen atoms in total. The van der Waals surface area contributed by atoms with Gasteiger partial charge in [0.05, 0.1) is 5.69 Å². The van der Waals surface area contributed by atoms with Crippen molar-refractivity contribution in [1.82, 2.24) is 4.90 Å². The van der Waals surface area contributed by atoms with E-state index in [2.05, 4.69) is 18.9 Å². The molecule has 0 aromatic heterocycles. The third-order valence-corrected chi connectivity index (χ3v) is 4.71. The summed E-state index contributed by atoms with van der Waals surface area (Å²) in [4.78, 5) is 27.0. The number of benzene rings is 1. The lowest BCUT2D eigenvalue weighted by Crippen LogP contribution is -2.51. The minimum atomic E-state index is -0.0625. The van der Waals surface area contributed by atoms with E-state index in [0.29, 0.717) is 24.2 Å². The molecule has 0 aliphatic carbocycles. The van der Waals surface area contributed by atoms with Crippen LogP contribution in [0.1, 0.15) is 46.0 Å². The molecule has 5 heteroatoms. The summed E-state index contributed by atoms with van der Waals surface area (Å²) in [7, 11) is 0. The Balaban J connectivity index is 1.86. The molecule has 1 aromatic rings. The number of carbonyl (C=O) groups is 2. The van der Waals surface area contributed by atoms with Gasteiger partial charge in [-0.15, -0.1) is 0 Å². The van der Waals surface area contributed by atoms with Gasteiger partial charge in [-0.2, -0.15) is 5.10 Å². The highest BCUT2D eigenvalue weighted by molar-refractivity contribution is 6.40. The highest BCUT2D eigenvalue weighted by atomic mass is 16.2. The second-order valence-electron chi connectivity index (χ2n) is 6.43. The van der Waals surface area contributed by atoms with Crippen LogP contribution in [0.3, 0.4) is 0 Å². The van der Waals surface area contributed by atoms with Gasteiger partial charge in [0.2, 0.25) is 5.91 Å². The van der Waals surface area contributed by atoms with Crippen molar-refractivity contribution in [3.05, 3.63) is 30.3 Å². The molecule has 2 heterocycles. The van der Waals surface area contributed by atoms with Crippen molar-refractivity contribution >= 4 is 23.2 Å². The van der Waals surface area contributed by atoms with Crippen molar-refractivity contribution in [3.8, 4) is 0 Å². The molecule has 1 fully saturated rings. The Bertz CT molecular complexity index is 616. The molecular formula is C18H23N3O2. The van der Waals surface area contributed by atoms with Crippen LogP contribution in [0.5, 0.6) is 0 Å². The average Bonchev–Trinajstić information content (AvgIpc) is 2.56. The Hall–Kier alpha value is -2.17. The molecule has 2 amide bonds.